The summed E-state index contributed by atoms with van der Waals surface area (Å²) < 4.78 is 13.0. The number of para-hydroxylation sites is 1. The summed E-state index contributed by atoms with van der Waals surface area (Å²) in [5, 5.41) is 6.14. The van der Waals surface area contributed by atoms with Crippen LogP contribution in [0.2, 0.25) is 0 Å². The molecular weight excluding hydrogens is 663 g/mol. The van der Waals surface area contributed by atoms with E-state index in [0.29, 0.717) is 17.5 Å². The summed E-state index contributed by atoms with van der Waals surface area (Å²) in [5.74, 6) is 1.73. The van der Waals surface area contributed by atoms with Gasteiger partial charge >= 0.3 is 0 Å². The maximum absolute atomic E-state index is 6.75. The van der Waals surface area contributed by atoms with Crippen LogP contribution in [-0.2, 0) is 0 Å². The fourth-order valence-corrected chi connectivity index (χ4v) is 7.86. The van der Waals surface area contributed by atoms with Crippen LogP contribution in [0.15, 0.2) is 185 Å². The minimum absolute atomic E-state index is 0.567. The highest BCUT2D eigenvalue weighted by Crippen LogP contribution is 2.44. The Morgan fingerprint density at radius 2 is 0.815 bits per heavy atom. The van der Waals surface area contributed by atoms with E-state index in [1.54, 1.807) is 0 Å². The third-order valence-corrected chi connectivity index (χ3v) is 10.3. The van der Waals surface area contributed by atoms with Crippen molar-refractivity contribution in [3.63, 3.8) is 0 Å². The number of aromatic nitrogens is 3. The molecule has 5 heteroatoms. The Hall–Kier alpha value is -7.37. The topological polar surface area (TPSA) is 65.0 Å². The Balaban J connectivity index is 1.18. The molecule has 0 spiro atoms. The summed E-state index contributed by atoms with van der Waals surface area (Å²) in [6.45, 7) is 0. The molecule has 3 heterocycles. The van der Waals surface area contributed by atoms with E-state index in [1.807, 2.05) is 72.8 Å². The van der Waals surface area contributed by atoms with Crippen LogP contribution in [0.3, 0.4) is 0 Å². The predicted octanol–water partition coefficient (Wildman–Crippen LogP) is 13.2. The first kappa shape index (κ1) is 30.3. The summed E-state index contributed by atoms with van der Waals surface area (Å²) >= 11 is 0. The fourth-order valence-electron chi connectivity index (χ4n) is 7.86. The second-order valence-electron chi connectivity index (χ2n) is 13.5. The Morgan fingerprint density at radius 1 is 0.296 bits per heavy atom. The van der Waals surface area contributed by atoms with Gasteiger partial charge in [-0.25, -0.2) is 15.0 Å². The molecule has 0 radical (unpaired) electrons. The van der Waals surface area contributed by atoms with Crippen LogP contribution in [0.5, 0.6) is 0 Å². The molecule has 3 aromatic heterocycles. The van der Waals surface area contributed by atoms with Gasteiger partial charge in [0.15, 0.2) is 17.5 Å². The zero-order chi connectivity index (χ0) is 35.6. The number of benzene rings is 8. The van der Waals surface area contributed by atoms with Gasteiger partial charge in [0.1, 0.15) is 22.3 Å². The third-order valence-electron chi connectivity index (χ3n) is 10.3. The molecule has 0 aliphatic rings. The van der Waals surface area contributed by atoms with Crippen molar-refractivity contribution in [3.8, 4) is 56.4 Å². The zero-order valence-electron chi connectivity index (χ0n) is 28.9. The second-order valence-corrected chi connectivity index (χ2v) is 13.5. The van der Waals surface area contributed by atoms with Crippen molar-refractivity contribution >= 4 is 54.6 Å². The standard InChI is InChI=1S/C49H29N3O2/c1-3-14-30(15-4-1)32-18-11-19-33(28-32)39-29-40-45-38(24-13-27-43(45)54-46(40)35-21-8-7-20-34(35)39)49-51-47(31-16-5-2-6-17-31)50-48(52-49)37-23-12-26-42-44(37)36-22-9-10-25-41(36)53-42/h1-29H. The number of nitrogens with zero attached hydrogens (tertiary/aromatic N) is 3. The first-order valence-electron chi connectivity index (χ1n) is 18.0. The Kier molecular flexibility index (Phi) is 6.79. The van der Waals surface area contributed by atoms with E-state index >= 15 is 0 Å². The lowest BCUT2D eigenvalue weighted by atomic mass is 9.92. The second kappa shape index (κ2) is 12.1. The molecule has 0 fully saturated rings. The first-order chi connectivity index (χ1) is 26.8. The van der Waals surface area contributed by atoms with Crippen LogP contribution in [0.4, 0.5) is 0 Å². The van der Waals surface area contributed by atoms with E-state index < -0.39 is 0 Å². The van der Waals surface area contributed by atoms with Crippen molar-refractivity contribution in [1.29, 1.82) is 0 Å². The molecule has 0 amide bonds. The van der Waals surface area contributed by atoms with E-state index in [0.717, 1.165) is 82.5 Å². The number of fused-ring (bicyclic) bond motifs is 8. The van der Waals surface area contributed by atoms with Gasteiger partial charge in [-0.2, -0.15) is 0 Å². The van der Waals surface area contributed by atoms with Gasteiger partial charge < -0.3 is 8.83 Å². The first-order valence-corrected chi connectivity index (χ1v) is 18.0. The molecule has 252 valence electrons. The molecule has 54 heavy (non-hydrogen) atoms. The lowest BCUT2D eigenvalue weighted by Gasteiger charge is -2.11. The SMILES string of the molecule is c1ccc(-c2cccc(-c3cc4c(oc5cccc(-c6nc(-c7ccccc7)nc(-c7cccc8oc9ccccc9c78)n6)c54)c4ccccc34)c2)cc1. The maximum Gasteiger partial charge on any atom is 0.164 e. The number of furan rings is 2. The molecule has 0 unspecified atom stereocenters. The lowest BCUT2D eigenvalue weighted by Crippen LogP contribution is -2.00. The van der Waals surface area contributed by atoms with Gasteiger partial charge in [0, 0.05) is 43.6 Å². The summed E-state index contributed by atoms with van der Waals surface area (Å²) in [6.07, 6.45) is 0. The van der Waals surface area contributed by atoms with Crippen molar-refractivity contribution in [2.45, 2.75) is 0 Å². The molecule has 0 aliphatic heterocycles. The van der Waals surface area contributed by atoms with Crippen LogP contribution in [0.25, 0.3) is 111 Å². The molecule has 0 saturated heterocycles. The van der Waals surface area contributed by atoms with Gasteiger partial charge in [0.25, 0.3) is 0 Å². The van der Waals surface area contributed by atoms with E-state index in [9.17, 15) is 0 Å². The van der Waals surface area contributed by atoms with Crippen molar-refractivity contribution in [2.24, 2.45) is 0 Å². The van der Waals surface area contributed by atoms with Gasteiger partial charge in [-0.15, -0.1) is 0 Å². The van der Waals surface area contributed by atoms with Crippen molar-refractivity contribution < 1.29 is 8.83 Å². The molecule has 5 nitrogen and oxygen atoms in total. The molecule has 0 aliphatic carbocycles. The van der Waals surface area contributed by atoms with Gasteiger partial charge in [-0.3, -0.25) is 0 Å². The molecular formula is C49H29N3O2. The molecule has 0 N–H and O–H groups in total. The summed E-state index contributed by atoms with van der Waals surface area (Å²) in [5.41, 5.74) is 10.5. The quantitative estimate of drug-likeness (QED) is 0.180. The van der Waals surface area contributed by atoms with Crippen LogP contribution in [0, 0.1) is 0 Å². The highest BCUT2D eigenvalue weighted by atomic mass is 16.3. The van der Waals surface area contributed by atoms with E-state index in [4.69, 9.17) is 23.8 Å². The summed E-state index contributed by atoms with van der Waals surface area (Å²) in [6, 6.07) is 60.4. The summed E-state index contributed by atoms with van der Waals surface area (Å²) in [4.78, 5) is 15.5. The smallest absolute Gasteiger partial charge is 0.164 e. The Morgan fingerprint density at radius 3 is 1.56 bits per heavy atom. The lowest BCUT2D eigenvalue weighted by molar-refractivity contribution is 0.669. The molecule has 0 saturated carbocycles. The minimum Gasteiger partial charge on any atom is -0.456 e. The molecule has 0 bridgehead atoms. The highest BCUT2D eigenvalue weighted by Gasteiger charge is 2.22. The van der Waals surface area contributed by atoms with Crippen molar-refractivity contribution in [1.82, 2.24) is 15.0 Å². The monoisotopic (exact) mass is 691 g/mol. The average Bonchev–Trinajstić information content (AvgIpc) is 3.83. The average molecular weight is 692 g/mol. The van der Waals surface area contributed by atoms with Gasteiger partial charge in [-0.05, 0) is 58.0 Å². The number of hydrogen-bond acceptors (Lipinski definition) is 5. The molecule has 8 aromatic carbocycles. The van der Waals surface area contributed by atoms with Crippen molar-refractivity contribution in [3.05, 3.63) is 176 Å². The zero-order valence-corrected chi connectivity index (χ0v) is 28.9. The number of hydrogen-bond donors (Lipinski definition) is 0. The fraction of sp³-hybridized carbons (Fsp3) is 0. The van der Waals surface area contributed by atoms with E-state index in [2.05, 4.69) is 103 Å². The van der Waals surface area contributed by atoms with Gasteiger partial charge in [0.05, 0.1) is 0 Å². The Labute approximate surface area is 309 Å². The van der Waals surface area contributed by atoms with Gasteiger partial charge in [-0.1, -0.05) is 146 Å². The van der Waals surface area contributed by atoms with E-state index in [-0.39, 0.29) is 0 Å². The minimum atomic E-state index is 0.567. The maximum atomic E-state index is 6.75. The third kappa shape index (κ3) is 4.83. The normalized spacial score (nSPS) is 11.7. The van der Waals surface area contributed by atoms with Crippen LogP contribution >= 0.6 is 0 Å². The predicted molar refractivity (Wildman–Crippen MR) is 219 cm³/mol. The van der Waals surface area contributed by atoms with Crippen LogP contribution < -0.4 is 0 Å². The number of rotatable bonds is 5. The Bertz CT molecular complexity index is 3220. The molecule has 11 rings (SSSR count). The molecule has 0 atom stereocenters. The largest absolute Gasteiger partial charge is 0.456 e. The highest BCUT2D eigenvalue weighted by molar-refractivity contribution is 6.22. The van der Waals surface area contributed by atoms with E-state index in [1.165, 1.54) is 11.1 Å². The molecule has 11 aromatic rings. The van der Waals surface area contributed by atoms with Crippen LogP contribution in [0.1, 0.15) is 0 Å². The van der Waals surface area contributed by atoms with Crippen molar-refractivity contribution in [2.75, 3.05) is 0 Å². The summed E-state index contributed by atoms with van der Waals surface area (Å²) in [7, 11) is 0. The van der Waals surface area contributed by atoms with Crippen LogP contribution in [-0.4, -0.2) is 15.0 Å². The van der Waals surface area contributed by atoms with Gasteiger partial charge in [0.2, 0.25) is 0 Å².